The SMILES string of the molecule is O=C(NCc1cn2ccnc2cn1)c1ccc(C2CCNCC2)cc1. The van der Waals surface area contributed by atoms with Crippen molar-refractivity contribution in [2.45, 2.75) is 25.3 Å². The Morgan fingerprint density at radius 2 is 2.00 bits per heavy atom. The van der Waals surface area contributed by atoms with Crippen LogP contribution in [0.5, 0.6) is 0 Å². The van der Waals surface area contributed by atoms with E-state index >= 15 is 0 Å². The maximum Gasteiger partial charge on any atom is 0.251 e. The summed E-state index contributed by atoms with van der Waals surface area (Å²) in [4.78, 5) is 20.8. The second-order valence-corrected chi connectivity index (χ2v) is 6.40. The van der Waals surface area contributed by atoms with Crippen LogP contribution in [0.4, 0.5) is 0 Å². The zero-order chi connectivity index (χ0) is 17.1. The van der Waals surface area contributed by atoms with Crippen molar-refractivity contribution in [1.29, 1.82) is 0 Å². The fourth-order valence-electron chi connectivity index (χ4n) is 3.29. The van der Waals surface area contributed by atoms with E-state index in [1.54, 1.807) is 12.4 Å². The highest BCUT2D eigenvalue weighted by atomic mass is 16.1. The molecule has 6 nitrogen and oxygen atoms in total. The molecule has 1 amide bonds. The number of benzene rings is 1. The van der Waals surface area contributed by atoms with Crippen molar-refractivity contribution >= 4 is 11.6 Å². The molecule has 0 unspecified atom stereocenters. The largest absolute Gasteiger partial charge is 0.346 e. The molecule has 1 saturated heterocycles. The highest BCUT2D eigenvalue weighted by Crippen LogP contribution is 2.25. The second-order valence-electron chi connectivity index (χ2n) is 6.40. The molecule has 0 saturated carbocycles. The van der Waals surface area contributed by atoms with Gasteiger partial charge in [-0.25, -0.2) is 4.98 Å². The number of rotatable bonds is 4. The van der Waals surface area contributed by atoms with E-state index in [0.29, 0.717) is 18.0 Å². The lowest BCUT2D eigenvalue weighted by molar-refractivity contribution is 0.0950. The minimum Gasteiger partial charge on any atom is -0.346 e. The summed E-state index contributed by atoms with van der Waals surface area (Å²) in [5.74, 6) is 0.522. The summed E-state index contributed by atoms with van der Waals surface area (Å²) in [6, 6.07) is 8.00. The predicted octanol–water partition coefficient (Wildman–Crippen LogP) is 2.13. The number of nitrogens with zero attached hydrogens (tertiary/aromatic N) is 3. The average molecular weight is 335 g/mol. The number of carbonyl (C=O) groups is 1. The Morgan fingerprint density at radius 3 is 2.80 bits per heavy atom. The standard InChI is InChI=1S/C19H21N5O/c25-19(23-11-17-13-24-10-9-21-18(24)12-22-17)16-3-1-14(2-4-16)15-5-7-20-8-6-15/h1-4,9-10,12-13,15,20H,5-8,11H2,(H,23,25). The molecule has 0 atom stereocenters. The van der Waals surface area contributed by atoms with Gasteiger partial charge in [-0.3, -0.25) is 9.78 Å². The third-order valence-corrected chi connectivity index (χ3v) is 4.75. The highest BCUT2D eigenvalue weighted by molar-refractivity contribution is 5.94. The van der Waals surface area contributed by atoms with E-state index in [1.807, 2.05) is 28.9 Å². The fourth-order valence-corrected chi connectivity index (χ4v) is 3.29. The molecule has 0 spiro atoms. The van der Waals surface area contributed by atoms with Crippen LogP contribution >= 0.6 is 0 Å². The normalized spacial score (nSPS) is 15.4. The Kier molecular flexibility index (Phi) is 4.43. The van der Waals surface area contributed by atoms with Crippen molar-refractivity contribution < 1.29 is 4.79 Å². The number of aromatic nitrogens is 3. The van der Waals surface area contributed by atoms with Gasteiger partial charge in [-0.15, -0.1) is 0 Å². The van der Waals surface area contributed by atoms with Crippen molar-refractivity contribution in [3.63, 3.8) is 0 Å². The molecule has 1 aromatic carbocycles. The lowest BCUT2D eigenvalue weighted by atomic mass is 9.90. The lowest BCUT2D eigenvalue weighted by Crippen LogP contribution is -2.26. The average Bonchev–Trinajstić information content (AvgIpc) is 3.15. The van der Waals surface area contributed by atoms with E-state index in [9.17, 15) is 4.79 Å². The van der Waals surface area contributed by atoms with Crippen molar-refractivity contribution in [1.82, 2.24) is 25.0 Å². The molecule has 1 aliphatic rings. The quantitative estimate of drug-likeness (QED) is 0.766. The number of fused-ring (bicyclic) bond motifs is 1. The van der Waals surface area contributed by atoms with Crippen LogP contribution in [0.1, 0.15) is 40.4 Å². The molecule has 0 radical (unpaired) electrons. The molecule has 1 fully saturated rings. The van der Waals surface area contributed by atoms with Gasteiger partial charge in [-0.05, 0) is 49.5 Å². The van der Waals surface area contributed by atoms with Crippen LogP contribution in [0.2, 0.25) is 0 Å². The van der Waals surface area contributed by atoms with E-state index in [2.05, 4.69) is 32.7 Å². The maximum absolute atomic E-state index is 12.4. The summed E-state index contributed by atoms with van der Waals surface area (Å²) in [5.41, 5.74) is 3.60. The zero-order valence-corrected chi connectivity index (χ0v) is 14.0. The number of amides is 1. The third kappa shape index (κ3) is 3.53. The first kappa shape index (κ1) is 15.8. The van der Waals surface area contributed by atoms with Crippen LogP contribution in [0.15, 0.2) is 49.1 Å². The van der Waals surface area contributed by atoms with Gasteiger partial charge in [0.05, 0.1) is 18.4 Å². The molecule has 6 heteroatoms. The Labute approximate surface area is 146 Å². The van der Waals surface area contributed by atoms with Crippen LogP contribution in [0.3, 0.4) is 0 Å². The smallest absolute Gasteiger partial charge is 0.251 e. The van der Waals surface area contributed by atoms with Crippen molar-refractivity contribution in [3.8, 4) is 0 Å². The van der Waals surface area contributed by atoms with Gasteiger partial charge >= 0.3 is 0 Å². The number of piperidine rings is 1. The van der Waals surface area contributed by atoms with E-state index in [0.717, 1.165) is 37.3 Å². The van der Waals surface area contributed by atoms with Crippen molar-refractivity contribution in [2.24, 2.45) is 0 Å². The molecule has 2 aromatic heterocycles. The number of carbonyl (C=O) groups excluding carboxylic acids is 1. The topological polar surface area (TPSA) is 71.3 Å². The molecule has 1 aliphatic heterocycles. The molecule has 3 heterocycles. The van der Waals surface area contributed by atoms with Crippen LogP contribution in [0, 0.1) is 0 Å². The number of hydrogen-bond donors (Lipinski definition) is 2. The van der Waals surface area contributed by atoms with Crippen LogP contribution < -0.4 is 10.6 Å². The molecule has 0 bridgehead atoms. The third-order valence-electron chi connectivity index (χ3n) is 4.75. The summed E-state index contributed by atoms with van der Waals surface area (Å²) in [6.07, 6.45) is 9.49. The first-order valence-electron chi connectivity index (χ1n) is 8.66. The first-order chi connectivity index (χ1) is 12.3. The highest BCUT2D eigenvalue weighted by Gasteiger charge is 2.15. The number of hydrogen-bond acceptors (Lipinski definition) is 4. The van der Waals surface area contributed by atoms with E-state index in [4.69, 9.17) is 0 Å². The Balaban J connectivity index is 1.38. The summed E-state index contributed by atoms with van der Waals surface area (Å²) >= 11 is 0. The molecular weight excluding hydrogens is 314 g/mol. The van der Waals surface area contributed by atoms with Gasteiger partial charge in [0.2, 0.25) is 0 Å². The predicted molar refractivity (Wildman–Crippen MR) is 95.4 cm³/mol. The summed E-state index contributed by atoms with van der Waals surface area (Å²) in [5, 5.41) is 6.31. The molecule has 25 heavy (non-hydrogen) atoms. The second kappa shape index (κ2) is 7.03. The Bertz CT molecular complexity index is 865. The molecular formula is C19H21N5O. The van der Waals surface area contributed by atoms with Gasteiger partial charge in [0, 0.05) is 24.2 Å². The van der Waals surface area contributed by atoms with Crippen LogP contribution in [-0.2, 0) is 6.54 Å². The minimum absolute atomic E-state index is 0.0793. The molecule has 4 rings (SSSR count). The molecule has 2 N–H and O–H groups in total. The monoisotopic (exact) mass is 335 g/mol. The maximum atomic E-state index is 12.4. The van der Waals surface area contributed by atoms with Crippen molar-refractivity contribution in [2.75, 3.05) is 13.1 Å². The Hall–Kier alpha value is -2.73. The van der Waals surface area contributed by atoms with Gasteiger partial charge in [0.1, 0.15) is 0 Å². The number of nitrogens with one attached hydrogen (secondary N) is 2. The fraction of sp³-hybridized carbons (Fsp3) is 0.316. The van der Waals surface area contributed by atoms with Crippen LogP contribution in [0.25, 0.3) is 5.65 Å². The van der Waals surface area contributed by atoms with Gasteiger partial charge in [0.15, 0.2) is 5.65 Å². The van der Waals surface area contributed by atoms with Crippen molar-refractivity contribution in [3.05, 3.63) is 65.9 Å². The molecule has 128 valence electrons. The lowest BCUT2D eigenvalue weighted by Gasteiger charge is -2.23. The van der Waals surface area contributed by atoms with Gasteiger partial charge in [0.25, 0.3) is 5.91 Å². The molecule has 0 aliphatic carbocycles. The van der Waals surface area contributed by atoms with E-state index < -0.39 is 0 Å². The summed E-state index contributed by atoms with van der Waals surface area (Å²) < 4.78 is 1.89. The molecule has 3 aromatic rings. The first-order valence-corrected chi connectivity index (χ1v) is 8.66. The summed E-state index contributed by atoms with van der Waals surface area (Å²) in [7, 11) is 0. The zero-order valence-electron chi connectivity index (χ0n) is 14.0. The van der Waals surface area contributed by atoms with Gasteiger partial charge in [-0.1, -0.05) is 12.1 Å². The number of imidazole rings is 1. The van der Waals surface area contributed by atoms with Crippen LogP contribution in [-0.4, -0.2) is 33.4 Å². The minimum atomic E-state index is -0.0793. The van der Waals surface area contributed by atoms with E-state index in [-0.39, 0.29) is 5.91 Å². The Morgan fingerprint density at radius 1 is 1.20 bits per heavy atom. The summed E-state index contributed by atoms with van der Waals surface area (Å²) in [6.45, 7) is 2.53. The van der Waals surface area contributed by atoms with Gasteiger partial charge < -0.3 is 15.0 Å². The van der Waals surface area contributed by atoms with Gasteiger partial charge in [-0.2, -0.15) is 0 Å². The van der Waals surface area contributed by atoms with E-state index in [1.165, 1.54) is 5.56 Å².